The Morgan fingerprint density at radius 3 is 1.22 bits per heavy atom. The highest BCUT2D eigenvalue weighted by Crippen LogP contribution is 2.39. The van der Waals surface area contributed by atoms with Crippen molar-refractivity contribution in [2.45, 2.75) is 62.2 Å². The zero-order valence-electron chi connectivity index (χ0n) is 34.1. The first kappa shape index (κ1) is 46.4. The van der Waals surface area contributed by atoms with Gasteiger partial charge in [0.15, 0.2) is 0 Å². The molecule has 0 aromatic heterocycles. The van der Waals surface area contributed by atoms with E-state index in [1.807, 2.05) is 48.5 Å². The maximum atomic E-state index is 12.1. The first-order chi connectivity index (χ1) is 29.3. The normalized spacial score (nSPS) is 18.8. The molecule has 0 aliphatic heterocycles. The minimum absolute atomic E-state index is 0.00628. The molecule has 2 amide bonds. The van der Waals surface area contributed by atoms with Gasteiger partial charge in [-0.3, -0.25) is 9.59 Å². The Morgan fingerprint density at radius 2 is 0.883 bits per heavy atom. The van der Waals surface area contributed by atoms with Crippen molar-refractivity contribution in [2.75, 3.05) is 37.8 Å². The third-order valence-corrected chi connectivity index (χ3v) is 13.0. The summed E-state index contributed by atoms with van der Waals surface area (Å²) < 4.78 is 10.8. The second-order valence-electron chi connectivity index (χ2n) is 15.3. The monoisotopic (exact) mass is 854 g/mol. The summed E-state index contributed by atoms with van der Waals surface area (Å²) in [5, 5.41) is 26.6. The van der Waals surface area contributed by atoms with Crippen LogP contribution in [0.15, 0.2) is 121 Å². The molecule has 0 radical (unpaired) electrons. The van der Waals surface area contributed by atoms with Crippen molar-refractivity contribution >= 4 is 47.3 Å². The fraction of sp³-hybridized carbons (Fsp3) is 0.417. The fourth-order valence-corrected chi connectivity index (χ4v) is 8.82. The topological polar surface area (TPSA) is 151 Å². The molecule has 6 atom stereocenters. The number of thioether (sulfide) groups is 2. The summed E-state index contributed by atoms with van der Waals surface area (Å²) >= 11 is 3.54. The molecule has 12 heteroatoms. The predicted molar refractivity (Wildman–Crippen MR) is 238 cm³/mol. The molecule has 4 aromatic carbocycles. The summed E-state index contributed by atoms with van der Waals surface area (Å²) in [4.78, 5) is 48.4. The van der Waals surface area contributed by atoms with E-state index in [2.05, 4.69) is 34.9 Å². The molecule has 320 valence electrons. The summed E-state index contributed by atoms with van der Waals surface area (Å²) in [6, 6.07) is 38.2. The van der Waals surface area contributed by atoms with Crippen LogP contribution in [0.2, 0.25) is 0 Å². The van der Waals surface area contributed by atoms with E-state index in [-0.39, 0.29) is 73.5 Å². The van der Waals surface area contributed by atoms with Gasteiger partial charge in [0.05, 0.1) is 49.4 Å². The minimum atomic E-state index is -0.698. The minimum Gasteiger partial charge on any atom is -0.462 e. The van der Waals surface area contributed by atoms with Crippen LogP contribution in [0.4, 0.5) is 0 Å². The van der Waals surface area contributed by atoms with Crippen LogP contribution >= 0.6 is 23.5 Å². The van der Waals surface area contributed by atoms with Gasteiger partial charge in [0.1, 0.15) is 0 Å². The number of aliphatic hydroxyl groups excluding tert-OH is 2. The standard InChI is InChI=1S/2C24H29NO4S/c2*26-22(15-23(27)25-13-14-30-17-18-7-3-1-4-8-18)21-12-11-20(21)16-29-24(28)19-9-5-2-6-10-19/h2*1-10,20-22,26H,11-17H2,(H,25,27)/t20-,21+,22+;20-,21+,22-/m00/s1. The van der Waals surface area contributed by atoms with Gasteiger partial charge in [0, 0.05) is 36.1 Å². The Morgan fingerprint density at radius 1 is 0.533 bits per heavy atom. The van der Waals surface area contributed by atoms with Gasteiger partial charge in [-0.05, 0) is 84.7 Å². The number of amides is 2. The van der Waals surface area contributed by atoms with Crippen molar-refractivity contribution in [2.24, 2.45) is 23.7 Å². The summed E-state index contributed by atoms with van der Waals surface area (Å²) in [5.74, 6) is 2.79. The Hall–Kier alpha value is -4.62. The SMILES string of the molecule is O=C(C[C@@H](O)[C@@H]1CC[C@H]1COC(=O)c1ccccc1)NCCSCc1ccccc1.O=C(C[C@H](O)[C@@H]1CC[C@H]1COC(=O)c1ccccc1)NCCSCc1ccccc1. The molecule has 0 heterocycles. The molecule has 4 N–H and O–H groups in total. The number of esters is 2. The lowest BCUT2D eigenvalue weighted by atomic mass is 9.70. The number of hydrogen-bond acceptors (Lipinski definition) is 10. The number of carbonyl (C=O) groups excluding carboxylic acids is 4. The van der Waals surface area contributed by atoms with Crippen LogP contribution < -0.4 is 10.6 Å². The lowest BCUT2D eigenvalue weighted by Crippen LogP contribution is -2.41. The van der Waals surface area contributed by atoms with Crippen molar-refractivity contribution in [3.05, 3.63) is 144 Å². The largest absolute Gasteiger partial charge is 0.462 e. The molecule has 2 saturated carbocycles. The molecule has 0 spiro atoms. The van der Waals surface area contributed by atoms with Gasteiger partial charge in [-0.25, -0.2) is 9.59 Å². The van der Waals surface area contributed by atoms with Gasteiger partial charge in [0.25, 0.3) is 0 Å². The Kier molecular flexibility index (Phi) is 20.0. The predicted octanol–water partition coefficient (Wildman–Crippen LogP) is 7.34. The van der Waals surface area contributed by atoms with Crippen molar-refractivity contribution < 1.29 is 38.9 Å². The van der Waals surface area contributed by atoms with E-state index in [1.54, 1.807) is 72.1 Å². The highest BCUT2D eigenvalue weighted by Gasteiger charge is 2.39. The average Bonchev–Trinajstić information content (AvgIpc) is 3.24. The fourth-order valence-electron chi connectivity index (χ4n) is 7.18. The lowest BCUT2D eigenvalue weighted by molar-refractivity contribution is -0.126. The van der Waals surface area contributed by atoms with E-state index in [0.717, 1.165) is 48.7 Å². The van der Waals surface area contributed by atoms with Crippen molar-refractivity contribution in [3.8, 4) is 0 Å². The summed E-state index contributed by atoms with van der Waals surface area (Å²) in [7, 11) is 0. The molecule has 6 rings (SSSR count). The second-order valence-corrected chi connectivity index (χ2v) is 17.5. The van der Waals surface area contributed by atoms with Crippen LogP contribution in [-0.2, 0) is 30.6 Å². The molecule has 60 heavy (non-hydrogen) atoms. The van der Waals surface area contributed by atoms with Gasteiger partial charge in [-0.1, -0.05) is 97.1 Å². The second kappa shape index (κ2) is 25.9. The number of aliphatic hydroxyl groups is 2. The quantitative estimate of drug-likeness (QED) is 0.0467. The first-order valence-corrected chi connectivity index (χ1v) is 23.1. The van der Waals surface area contributed by atoms with Crippen LogP contribution in [0.1, 0.15) is 70.4 Å². The van der Waals surface area contributed by atoms with Gasteiger partial charge in [-0.15, -0.1) is 0 Å². The Labute approximate surface area is 362 Å². The van der Waals surface area contributed by atoms with E-state index in [9.17, 15) is 29.4 Å². The lowest BCUT2D eigenvalue weighted by Gasteiger charge is -2.39. The Balaban J connectivity index is 0.000000228. The molecule has 2 aliphatic carbocycles. The molecule has 2 aliphatic rings. The number of nitrogens with one attached hydrogen (secondary N) is 2. The van der Waals surface area contributed by atoms with Gasteiger partial charge in [0.2, 0.25) is 11.8 Å². The van der Waals surface area contributed by atoms with Crippen LogP contribution in [0.5, 0.6) is 0 Å². The van der Waals surface area contributed by atoms with E-state index in [4.69, 9.17) is 9.47 Å². The third kappa shape index (κ3) is 16.1. The molecule has 0 saturated heterocycles. The highest BCUT2D eigenvalue weighted by atomic mass is 32.2. The average molecular weight is 855 g/mol. The zero-order chi connectivity index (χ0) is 42.4. The van der Waals surface area contributed by atoms with Crippen LogP contribution in [0, 0.1) is 23.7 Å². The maximum absolute atomic E-state index is 12.1. The summed E-state index contributed by atoms with van der Waals surface area (Å²) in [6.07, 6.45) is 2.31. The number of hydrogen-bond donors (Lipinski definition) is 4. The van der Waals surface area contributed by atoms with E-state index in [1.165, 1.54) is 11.1 Å². The molecule has 4 aromatic rings. The van der Waals surface area contributed by atoms with E-state index in [0.29, 0.717) is 24.2 Å². The smallest absolute Gasteiger partial charge is 0.338 e. The summed E-state index contributed by atoms with van der Waals surface area (Å²) in [5.41, 5.74) is 3.60. The van der Waals surface area contributed by atoms with Gasteiger partial charge < -0.3 is 30.3 Å². The number of ether oxygens (including phenoxy) is 2. The highest BCUT2D eigenvalue weighted by molar-refractivity contribution is 7.98. The first-order valence-electron chi connectivity index (χ1n) is 20.8. The van der Waals surface area contributed by atoms with Crippen molar-refractivity contribution in [3.63, 3.8) is 0 Å². The number of carbonyl (C=O) groups is 4. The van der Waals surface area contributed by atoms with Crippen LogP contribution in [0.3, 0.4) is 0 Å². The van der Waals surface area contributed by atoms with Crippen LogP contribution in [-0.4, -0.2) is 84.0 Å². The molecular formula is C48H58N2O8S2. The van der Waals surface area contributed by atoms with Crippen molar-refractivity contribution in [1.82, 2.24) is 10.6 Å². The molecular weight excluding hydrogens is 797 g/mol. The molecule has 0 bridgehead atoms. The Bertz CT molecular complexity index is 1740. The van der Waals surface area contributed by atoms with Crippen molar-refractivity contribution in [1.29, 1.82) is 0 Å². The van der Waals surface area contributed by atoms with E-state index < -0.39 is 12.2 Å². The number of benzene rings is 4. The van der Waals surface area contributed by atoms with Gasteiger partial charge >= 0.3 is 11.9 Å². The maximum Gasteiger partial charge on any atom is 0.338 e. The molecule has 0 unspecified atom stereocenters. The number of rotatable bonds is 22. The summed E-state index contributed by atoms with van der Waals surface area (Å²) in [6.45, 7) is 1.75. The zero-order valence-corrected chi connectivity index (χ0v) is 35.7. The third-order valence-electron chi connectivity index (χ3n) is 11.0. The van der Waals surface area contributed by atoms with Crippen LogP contribution in [0.25, 0.3) is 0 Å². The van der Waals surface area contributed by atoms with Gasteiger partial charge in [-0.2, -0.15) is 23.5 Å². The molecule has 2 fully saturated rings. The van der Waals surface area contributed by atoms with E-state index >= 15 is 0 Å². The molecule has 10 nitrogen and oxygen atoms in total.